The second-order valence-electron chi connectivity index (χ2n) is 2.18. The molecule has 0 fully saturated rings. The molecule has 0 amide bonds. The van der Waals surface area contributed by atoms with Gasteiger partial charge in [-0.3, -0.25) is 0 Å². The Morgan fingerprint density at radius 1 is 1.50 bits per heavy atom. The molecule has 0 unspecified atom stereocenters. The third kappa shape index (κ3) is 1.07. The lowest BCUT2D eigenvalue weighted by molar-refractivity contribution is 0.975. The molecule has 0 spiro atoms. The Balaban J connectivity index is 3.14. The van der Waals surface area contributed by atoms with Gasteiger partial charge in [0, 0.05) is 11.3 Å². The number of nitrogens with two attached hydrogens (primary N) is 1. The minimum Gasteiger partial charge on any atom is -0.383 e. The van der Waals surface area contributed by atoms with Crippen molar-refractivity contribution in [2.24, 2.45) is 0 Å². The molecule has 1 aromatic heterocycles. The molecule has 2 N–H and O–H groups in total. The predicted octanol–water partition coefficient (Wildman–Crippen LogP) is 0.930. The van der Waals surface area contributed by atoms with E-state index in [-0.39, 0.29) is 0 Å². The van der Waals surface area contributed by atoms with Crippen LogP contribution in [0, 0.1) is 6.92 Å². The van der Waals surface area contributed by atoms with E-state index in [2.05, 4.69) is 16.9 Å². The maximum Gasteiger partial charge on any atom is 0.129 e. The van der Waals surface area contributed by atoms with Crippen molar-refractivity contribution in [2.45, 2.75) is 20.3 Å². The van der Waals surface area contributed by atoms with Gasteiger partial charge in [0.2, 0.25) is 0 Å². The van der Waals surface area contributed by atoms with Crippen molar-refractivity contribution in [1.82, 2.24) is 9.97 Å². The fourth-order valence-electron chi connectivity index (χ4n) is 0.859. The van der Waals surface area contributed by atoms with Crippen LogP contribution in [-0.2, 0) is 6.42 Å². The van der Waals surface area contributed by atoms with Crippen LogP contribution in [0.25, 0.3) is 0 Å². The van der Waals surface area contributed by atoms with Crippen LogP contribution in [0.4, 0.5) is 5.82 Å². The molecule has 0 aliphatic carbocycles. The van der Waals surface area contributed by atoms with Crippen molar-refractivity contribution in [3.63, 3.8) is 0 Å². The van der Waals surface area contributed by atoms with Gasteiger partial charge in [0.15, 0.2) is 0 Å². The first-order valence-corrected chi connectivity index (χ1v) is 3.31. The first-order chi connectivity index (χ1) is 4.75. The summed E-state index contributed by atoms with van der Waals surface area (Å²) in [7, 11) is 0. The zero-order valence-corrected chi connectivity index (χ0v) is 6.26. The highest BCUT2D eigenvalue weighted by Crippen LogP contribution is 2.09. The molecule has 3 nitrogen and oxygen atoms in total. The summed E-state index contributed by atoms with van der Waals surface area (Å²) in [4.78, 5) is 7.92. The Bertz CT molecular complexity index is 232. The van der Waals surface area contributed by atoms with Gasteiger partial charge in [-0.25, -0.2) is 9.97 Å². The molecule has 0 saturated heterocycles. The fourth-order valence-corrected chi connectivity index (χ4v) is 0.859. The molecule has 10 heavy (non-hydrogen) atoms. The van der Waals surface area contributed by atoms with E-state index in [4.69, 9.17) is 5.73 Å². The van der Waals surface area contributed by atoms with E-state index in [0.29, 0.717) is 5.82 Å². The van der Waals surface area contributed by atoms with Crippen molar-refractivity contribution in [1.29, 1.82) is 0 Å². The van der Waals surface area contributed by atoms with Crippen LogP contribution in [0.5, 0.6) is 0 Å². The van der Waals surface area contributed by atoms with Gasteiger partial charge in [0.25, 0.3) is 0 Å². The molecule has 0 bridgehead atoms. The topological polar surface area (TPSA) is 51.8 Å². The summed E-state index contributed by atoms with van der Waals surface area (Å²) in [5.74, 6) is 0.590. The molecule has 1 rings (SSSR count). The summed E-state index contributed by atoms with van der Waals surface area (Å²) in [5, 5.41) is 0. The summed E-state index contributed by atoms with van der Waals surface area (Å²) in [6.07, 6.45) is 2.42. The molecule has 3 heteroatoms. The number of nitrogen functional groups attached to an aromatic ring is 1. The Morgan fingerprint density at radius 3 is 2.70 bits per heavy atom. The molecular formula is C7H11N3. The second kappa shape index (κ2) is 2.64. The molecule has 0 saturated carbocycles. The number of anilines is 1. The number of rotatable bonds is 1. The second-order valence-corrected chi connectivity index (χ2v) is 2.18. The number of aromatic nitrogens is 2. The lowest BCUT2D eigenvalue weighted by atomic mass is 10.2. The molecule has 0 aliphatic heterocycles. The molecule has 0 aliphatic rings. The van der Waals surface area contributed by atoms with Crippen LogP contribution >= 0.6 is 0 Å². The van der Waals surface area contributed by atoms with Gasteiger partial charge in [-0.1, -0.05) is 6.92 Å². The van der Waals surface area contributed by atoms with Crippen LogP contribution in [0.15, 0.2) is 6.33 Å². The van der Waals surface area contributed by atoms with Crippen LogP contribution in [-0.4, -0.2) is 9.97 Å². The molecule has 1 heterocycles. The first kappa shape index (κ1) is 6.99. The van der Waals surface area contributed by atoms with Crippen molar-refractivity contribution in [2.75, 3.05) is 5.73 Å². The Labute approximate surface area is 60.3 Å². The van der Waals surface area contributed by atoms with E-state index in [1.807, 2.05) is 6.92 Å². The molecule has 0 atom stereocenters. The van der Waals surface area contributed by atoms with Crippen molar-refractivity contribution < 1.29 is 0 Å². The largest absolute Gasteiger partial charge is 0.383 e. The fraction of sp³-hybridized carbons (Fsp3) is 0.429. The number of hydrogen-bond donors (Lipinski definition) is 1. The third-order valence-electron chi connectivity index (χ3n) is 1.56. The predicted molar refractivity (Wildman–Crippen MR) is 40.6 cm³/mol. The van der Waals surface area contributed by atoms with Gasteiger partial charge in [0.05, 0.1) is 0 Å². The first-order valence-electron chi connectivity index (χ1n) is 3.31. The average Bonchev–Trinajstić information content (AvgIpc) is 1.95. The van der Waals surface area contributed by atoms with Gasteiger partial charge < -0.3 is 5.73 Å². The van der Waals surface area contributed by atoms with Crippen LogP contribution < -0.4 is 5.73 Å². The van der Waals surface area contributed by atoms with Crippen LogP contribution in [0.3, 0.4) is 0 Å². The van der Waals surface area contributed by atoms with Gasteiger partial charge in [-0.15, -0.1) is 0 Å². The van der Waals surface area contributed by atoms with Crippen molar-refractivity contribution >= 4 is 5.82 Å². The van der Waals surface area contributed by atoms with Gasteiger partial charge in [0.1, 0.15) is 12.1 Å². The zero-order valence-electron chi connectivity index (χ0n) is 6.26. The van der Waals surface area contributed by atoms with Crippen LogP contribution in [0.1, 0.15) is 18.2 Å². The standard InChI is InChI=1S/C7H11N3/c1-3-6-5(2)7(8)10-4-9-6/h4H,3H2,1-2H3,(H2,8,9,10). The molecule has 1 aromatic rings. The lowest BCUT2D eigenvalue weighted by Crippen LogP contribution is -1.99. The Morgan fingerprint density at radius 2 is 2.20 bits per heavy atom. The van der Waals surface area contributed by atoms with Gasteiger partial charge in [-0.05, 0) is 13.3 Å². The van der Waals surface area contributed by atoms with Crippen molar-refractivity contribution in [3.05, 3.63) is 17.6 Å². The monoisotopic (exact) mass is 137 g/mol. The molecule has 0 radical (unpaired) electrons. The Hall–Kier alpha value is -1.12. The minimum atomic E-state index is 0.590. The van der Waals surface area contributed by atoms with Crippen LogP contribution in [0.2, 0.25) is 0 Å². The highest BCUT2D eigenvalue weighted by Gasteiger charge is 1.99. The normalized spacial score (nSPS) is 9.80. The van der Waals surface area contributed by atoms with Crippen molar-refractivity contribution in [3.8, 4) is 0 Å². The minimum absolute atomic E-state index is 0.590. The van der Waals surface area contributed by atoms with E-state index in [9.17, 15) is 0 Å². The highest BCUT2D eigenvalue weighted by molar-refractivity contribution is 5.39. The third-order valence-corrected chi connectivity index (χ3v) is 1.56. The highest BCUT2D eigenvalue weighted by atomic mass is 14.9. The number of aryl methyl sites for hydroxylation is 1. The summed E-state index contributed by atoms with van der Waals surface area (Å²) >= 11 is 0. The summed E-state index contributed by atoms with van der Waals surface area (Å²) in [6, 6.07) is 0. The van der Waals surface area contributed by atoms with E-state index < -0.39 is 0 Å². The quantitative estimate of drug-likeness (QED) is 0.626. The Kier molecular flexibility index (Phi) is 1.85. The summed E-state index contributed by atoms with van der Waals surface area (Å²) in [6.45, 7) is 3.99. The van der Waals surface area contributed by atoms with Gasteiger partial charge >= 0.3 is 0 Å². The maximum atomic E-state index is 5.55. The van der Waals surface area contributed by atoms with E-state index >= 15 is 0 Å². The van der Waals surface area contributed by atoms with E-state index in [1.165, 1.54) is 6.33 Å². The summed E-state index contributed by atoms with van der Waals surface area (Å²) < 4.78 is 0. The molecular weight excluding hydrogens is 126 g/mol. The number of nitrogens with zero attached hydrogens (tertiary/aromatic N) is 2. The summed E-state index contributed by atoms with van der Waals surface area (Å²) in [5.41, 5.74) is 7.58. The number of hydrogen-bond acceptors (Lipinski definition) is 3. The van der Waals surface area contributed by atoms with E-state index in [1.54, 1.807) is 0 Å². The van der Waals surface area contributed by atoms with E-state index in [0.717, 1.165) is 17.7 Å². The maximum absolute atomic E-state index is 5.55. The lowest BCUT2D eigenvalue weighted by Gasteiger charge is -2.01. The SMILES string of the molecule is CCc1ncnc(N)c1C. The average molecular weight is 137 g/mol. The zero-order chi connectivity index (χ0) is 7.56. The molecule has 54 valence electrons. The van der Waals surface area contributed by atoms with Gasteiger partial charge in [-0.2, -0.15) is 0 Å². The smallest absolute Gasteiger partial charge is 0.129 e. The molecule has 0 aromatic carbocycles.